The molecule has 0 spiro atoms. The predicted molar refractivity (Wildman–Crippen MR) is 174 cm³/mol. The maximum absolute atomic E-state index is 6.73. The predicted octanol–water partition coefficient (Wildman–Crippen LogP) is 10.1. The molecule has 0 amide bonds. The molecule has 202 valence electrons. The van der Waals surface area contributed by atoms with Gasteiger partial charge in [0.15, 0.2) is 0 Å². The molecule has 0 aliphatic carbocycles. The molecule has 0 fully saturated rings. The van der Waals surface area contributed by atoms with Gasteiger partial charge in [0, 0.05) is 27.9 Å². The Morgan fingerprint density at radius 1 is 0.643 bits per heavy atom. The molecule has 0 aliphatic heterocycles. The maximum Gasteiger partial charge on any atom is 0.146 e. The number of aromatic nitrogens is 3. The highest BCUT2D eigenvalue weighted by atomic mass is 16.5. The van der Waals surface area contributed by atoms with E-state index < -0.39 is 0 Å². The van der Waals surface area contributed by atoms with E-state index in [0.29, 0.717) is 0 Å². The fraction of sp³-hybridized carbons (Fsp3) is 0.105. The molecule has 0 radical (unpaired) electrons. The van der Waals surface area contributed by atoms with Crippen LogP contribution >= 0.6 is 0 Å². The molecule has 0 saturated heterocycles. The Hall–Kier alpha value is -5.22. The summed E-state index contributed by atoms with van der Waals surface area (Å²) in [6.45, 7) is 6.68. The van der Waals surface area contributed by atoms with Crippen LogP contribution in [0.3, 0.4) is 0 Å². The number of imidazole rings is 1. The molecule has 8 aromatic rings. The van der Waals surface area contributed by atoms with Crippen molar-refractivity contribution in [3.8, 4) is 22.8 Å². The van der Waals surface area contributed by atoms with Gasteiger partial charge in [-0.15, -0.1) is 0 Å². The molecular weight excluding hydrogens is 514 g/mol. The largest absolute Gasteiger partial charge is 0.457 e. The molecule has 0 saturated carbocycles. The fourth-order valence-electron chi connectivity index (χ4n) is 6.04. The molecular formula is C38H29N3O. The van der Waals surface area contributed by atoms with E-state index in [1.807, 2.05) is 12.3 Å². The molecule has 8 rings (SSSR count). The van der Waals surface area contributed by atoms with E-state index in [2.05, 4.69) is 134 Å². The number of hydrogen-bond donors (Lipinski definition) is 0. The molecule has 0 bridgehead atoms. The van der Waals surface area contributed by atoms with E-state index >= 15 is 0 Å². The second-order valence-electron chi connectivity index (χ2n) is 12.0. The van der Waals surface area contributed by atoms with Crippen LogP contribution in [0.15, 0.2) is 121 Å². The summed E-state index contributed by atoms with van der Waals surface area (Å²) < 4.78 is 8.99. The van der Waals surface area contributed by atoms with Crippen molar-refractivity contribution in [1.82, 2.24) is 14.4 Å². The van der Waals surface area contributed by atoms with Crippen molar-refractivity contribution in [1.29, 1.82) is 0 Å². The Balaban J connectivity index is 1.32. The molecule has 5 aromatic carbocycles. The number of nitrogens with zero attached hydrogens (tertiary/aromatic N) is 3. The molecule has 4 nitrogen and oxygen atoms in total. The van der Waals surface area contributed by atoms with Gasteiger partial charge in [-0.05, 0) is 82.4 Å². The van der Waals surface area contributed by atoms with Crippen LogP contribution in [0.2, 0.25) is 0 Å². The second-order valence-corrected chi connectivity index (χ2v) is 12.0. The van der Waals surface area contributed by atoms with E-state index in [4.69, 9.17) is 14.7 Å². The van der Waals surface area contributed by atoms with Gasteiger partial charge in [0.25, 0.3) is 0 Å². The number of rotatable bonds is 3. The molecule has 42 heavy (non-hydrogen) atoms. The number of pyridine rings is 2. The van der Waals surface area contributed by atoms with Crippen LogP contribution < -0.4 is 4.74 Å². The fourth-order valence-corrected chi connectivity index (χ4v) is 6.04. The van der Waals surface area contributed by atoms with Crippen molar-refractivity contribution < 1.29 is 4.74 Å². The average Bonchev–Trinajstić information content (AvgIpc) is 3.41. The molecule has 0 unspecified atom stereocenters. The van der Waals surface area contributed by atoms with Crippen LogP contribution in [-0.4, -0.2) is 14.4 Å². The number of ether oxygens (including phenoxy) is 1. The number of hydrogen-bond acceptors (Lipinski definition) is 3. The monoisotopic (exact) mass is 543 g/mol. The van der Waals surface area contributed by atoms with Gasteiger partial charge < -0.3 is 4.74 Å². The summed E-state index contributed by atoms with van der Waals surface area (Å²) in [5.74, 6) is 1.57. The molecule has 0 N–H and O–H groups in total. The summed E-state index contributed by atoms with van der Waals surface area (Å²) in [6, 6.07) is 40.2. The highest BCUT2D eigenvalue weighted by molar-refractivity contribution is 6.14. The minimum absolute atomic E-state index is 0.0338. The van der Waals surface area contributed by atoms with Crippen molar-refractivity contribution in [3.63, 3.8) is 0 Å². The molecule has 3 heterocycles. The zero-order valence-electron chi connectivity index (χ0n) is 23.8. The summed E-state index contributed by atoms with van der Waals surface area (Å²) in [7, 11) is 0. The third kappa shape index (κ3) is 3.91. The summed E-state index contributed by atoms with van der Waals surface area (Å²) >= 11 is 0. The first-order valence-corrected chi connectivity index (χ1v) is 14.3. The lowest BCUT2D eigenvalue weighted by Crippen LogP contribution is -2.11. The molecule has 0 aliphatic rings. The van der Waals surface area contributed by atoms with Crippen LogP contribution in [0.25, 0.3) is 60.4 Å². The lowest BCUT2D eigenvalue weighted by Gasteiger charge is -2.19. The van der Waals surface area contributed by atoms with Crippen molar-refractivity contribution in [2.24, 2.45) is 0 Å². The van der Waals surface area contributed by atoms with Gasteiger partial charge in [-0.25, -0.2) is 4.98 Å². The summed E-state index contributed by atoms with van der Waals surface area (Å²) in [5.41, 5.74) is 7.40. The van der Waals surface area contributed by atoms with E-state index in [9.17, 15) is 0 Å². The van der Waals surface area contributed by atoms with Crippen LogP contribution in [0, 0.1) is 0 Å². The Bertz CT molecular complexity index is 2320. The maximum atomic E-state index is 6.73. The first kappa shape index (κ1) is 24.6. The van der Waals surface area contributed by atoms with Gasteiger partial charge in [-0.1, -0.05) is 75.4 Å². The van der Waals surface area contributed by atoms with Gasteiger partial charge in [0.1, 0.15) is 17.1 Å². The highest BCUT2D eigenvalue weighted by Gasteiger charge is 2.17. The van der Waals surface area contributed by atoms with E-state index in [-0.39, 0.29) is 5.41 Å². The normalized spacial score (nSPS) is 12.2. The minimum Gasteiger partial charge on any atom is -0.457 e. The second kappa shape index (κ2) is 9.15. The molecule has 4 heteroatoms. The quantitative estimate of drug-likeness (QED) is 0.208. The Morgan fingerprint density at radius 2 is 1.40 bits per heavy atom. The number of para-hydroxylation sites is 3. The van der Waals surface area contributed by atoms with Gasteiger partial charge in [-0.3, -0.25) is 9.38 Å². The van der Waals surface area contributed by atoms with E-state index in [0.717, 1.165) is 66.5 Å². The Kier molecular flexibility index (Phi) is 5.35. The van der Waals surface area contributed by atoms with Crippen molar-refractivity contribution in [2.45, 2.75) is 26.2 Å². The summed E-state index contributed by atoms with van der Waals surface area (Å²) in [4.78, 5) is 9.81. The van der Waals surface area contributed by atoms with Crippen LogP contribution in [-0.2, 0) is 5.41 Å². The highest BCUT2D eigenvalue weighted by Crippen LogP contribution is 2.39. The van der Waals surface area contributed by atoms with Crippen LogP contribution in [0.5, 0.6) is 11.5 Å². The first-order valence-electron chi connectivity index (χ1n) is 14.3. The SMILES string of the molecule is CC(C)(C)c1ccnc(-c2cc(Oc3ccc4c5ccccc5n5c6ccccc6nc5c4c3)c3ccccc3c2)c1. The first-order chi connectivity index (χ1) is 20.4. The van der Waals surface area contributed by atoms with Crippen molar-refractivity contribution in [3.05, 3.63) is 127 Å². The Morgan fingerprint density at radius 3 is 2.26 bits per heavy atom. The number of benzene rings is 5. The van der Waals surface area contributed by atoms with Crippen molar-refractivity contribution >= 4 is 49.1 Å². The van der Waals surface area contributed by atoms with Gasteiger partial charge in [0.2, 0.25) is 0 Å². The third-order valence-corrected chi connectivity index (χ3v) is 8.20. The smallest absolute Gasteiger partial charge is 0.146 e. The topological polar surface area (TPSA) is 39.4 Å². The van der Waals surface area contributed by atoms with Crippen LogP contribution in [0.4, 0.5) is 0 Å². The molecule has 0 atom stereocenters. The summed E-state index contributed by atoms with van der Waals surface area (Å²) in [6.07, 6.45) is 1.90. The van der Waals surface area contributed by atoms with Gasteiger partial charge in [0.05, 0.1) is 22.2 Å². The minimum atomic E-state index is 0.0338. The zero-order valence-corrected chi connectivity index (χ0v) is 23.8. The Labute approximate surface area is 243 Å². The van der Waals surface area contributed by atoms with E-state index in [1.54, 1.807) is 0 Å². The van der Waals surface area contributed by atoms with Crippen molar-refractivity contribution in [2.75, 3.05) is 0 Å². The third-order valence-electron chi connectivity index (χ3n) is 8.20. The van der Waals surface area contributed by atoms with Crippen LogP contribution in [0.1, 0.15) is 26.3 Å². The zero-order chi connectivity index (χ0) is 28.4. The van der Waals surface area contributed by atoms with Gasteiger partial charge in [-0.2, -0.15) is 0 Å². The average molecular weight is 544 g/mol. The van der Waals surface area contributed by atoms with E-state index in [1.165, 1.54) is 10.9 Å². The lowest BCUT2D eigenvalue weighted by molar-refractivity contribution is 0.489. The molecule has 3 aromatic heterocycles. The summed E-state index contributed by atoms with van der Waals surface area (Å²) in [5, 5.41) is 5.57. The van der Waals surface area contributed by atoms with Gasteiger partial charge >= 0.3 is 0 Å². The standard InChI is InChI=1S/C38H29N3O/c1-38(2,3)26-18-19-39-33(22-26)25-20-24-10-4-5-11-28(24)36(21-25)42-27-16-17-29-30-12-6-8-14-34(30)41-35-15-9-7-13-32(35)40-37(41)31(29)23-27/h4-23H,1-3H3. The number of fused-ring (bicyclic) bond motifs is 9. The lowest BCUT2D eigenvalue weighted by atomic mass is 9.87.